The summed E-state index contributed by atoms with van der Waals surface area (Å²) in [7, 11) is 0. The summed E-state index contributed by atoms with van der Waals surface area (Å²) in [5, 5.41) is 10.5. The van der Waals surface area contributed by atoms with Gasteiger partial charge in [0.15, 0.2) is 5.78 Å². The second kappa shape index (κ2) is 5.96. The minimum absolute atomic E-state index is 0.0705. The lowest BCUT2D eigenvalue weighted by molar-refractivity contribution is -0.389. The molecule has 0 aliphatic carbocycles. The van der Waals surface area contributed by atoms with Gasteiger partial charge >= 0.3 is 5.82 Å². The number of nitrogens with zero attached hydrogens (tertiary/aromatic N) is 3. The van der Waals surface area contributed by atoms with Crippen molar-refractivity contribution >= 4 is 11.6 Å². The number of Topliss-reactive ketones (excluding diaryl/α,β-unsaturated/α-hetero) is 1. The minimum Gasteiger partial charge on any atom is -0.491 e. The summed E-state index contributed by atoms with van der Waals surface area (Å²) < 4.78 is 7.10. The number of aromatic nitrogens is 2. The normalized spacial score (nSPS) is 10.2. The predicted octanol–water partition coefficient (Wildman–Crippen LogP) is 2.07. The first kappa shape index (κ1) is 13.7. The SMILES string of the molecule is CC(=O)c1ccccc1OCCn1cnc([N+](=O)[O-])c1. The molecular formula is C13H13N3O4. The van der Waals surface area contributed by atoms with Crippen LogP contribution in [-0.4, -0.2) is 26.9 Å². The average molecular weight is 275 g/mol. The summed E-state index contributed by atoms with van der Waals surface area (Å²) in [4.78, 5) is 25.0. The maximum absolute atomic E-state index is 11.4. The Kier molecular flexibility index (Phi) is 4.09. The molecule has 1 aromatic heterocycles. The maximum Gasteiger partial charge on any atom is 0.381 e. The Balaban J connectivity index is 1.96. The first-order valence-electron chi connectivity index (χ1n) is 5.97. The topological polar surface area (TPSA) is 87.3 Å². The second-order valence-corrected chi connectivity index (χ2v) is 4.13. The monoisotopic (exact) mass is 275 g/mol. The molecule has 104 valence electrons. The van der Waals surface area contributed by atoms with Crippen LogP contribution in [0.2, 0.25) is 0 Å². The Morgan fingerprint density at radius 3 is 2.85 bits per heavy atom. The fraction of sp³-hybridized carbons (Fsp3) is 0.231. The first-order valence-corrected chi connectivity index (χ1v) is 5.97. The third-order valence-corrected chi connectivity index (χ3v) is 2.68. The summed E-state index contributed by atoms with van der Waals surface area (Å²) >= 11 is 0. The lowest BCUT2D eigenvalue weighted by atomic mass is 10.1. The third-order valence-electron chi connectivity index (χ3n) is 2.68. The summed E-state index contributed by atoms with van der Waals surface area (Å²) in [5.41, 5.74) is 0.518. The van der Waals surface area contributed by atoms with E-state index in [1.165, 1.54) is 19.4 Å². The van der Waals surface area contributed by atoms with E-state index in [4.69, 9.17) is 4.74 Å². The molecule has 7 heteroatoms. The van der Waals surface area contributed by atoms with Gasteiger partial charge in [-0.3, -0.25) is 4.79 Å². The summed E-state index contributed by atoms with van der Waals surface area (Å²) in [6.45, 7) is 2.17. The Morgan fingerprint density at radius 1 is 1.45 bits per heavy atom. The van der Waals surface area contributed by atoms with Gasteiger partial charge in [0.25, 0.3) is 0 Å². The number of para-hydroxylation sites is 1. The Bertz CT molecular complexity index is 636. The molecule has 0 aliphatic heterocycles. The van der Waals surface area contributed by atoms with Gasteiger partial charge in [-0.15, -0.1) is 0 Å². The van der Waals surface area contributed by atoms with Gasteiger partial charge in [0, 0.05) is 0 Å². The standard InChI is InChI=1S/C13H13N3O4/c1-10(17)11-4-2-3-5-12(11)20-7-6-15-8-13(14-9-15)16(18)19/h2-5,8-9H,6-7H2,1H3. The number of ether oxygens (including phenoxy) is 1. The van der Waals surface area contributed by atoms with Crippen LogP contribution in [0.15, 0.2) is 36.8 Å². The number of hydrogen-bond donors (Lipinski definition) is 0. The van der Waals surface area contributed by atoms with Crippen molar-refractivity contribution < 1.29 is 14.5 Å². The molecular weight excluding hydrogens is 262 g/mol. The summed E-state index contributed by atoms with van der Waals surface area (Å²) in [6.07, 6.45) is 2.71. The lowest BCUT2D eigenvalue weighted by Gasteiger charge is -2.09. The van der Waals surface area contributed by atoms with Crippen LogP contribution >= 0.6 is 0 Å². The number of rotatable bonds is 6. The molecule has 7 nitrogen and oxygen atoms in total. The van der Waals surface area contributed by atoms with Crippen LogP contribution in [0.25, 0.3) is 0 Å². The lowest BCUT2D eigenvalue weighted by Crippen LogP contribution is -2.08. The van der Waals surface area contributed by atoms with E-state index < -0.39 is 4.92 Å². The van der Waals surface area contributed by atoms with Gasteiger partial charge in [0.05, 0.1) is 12.1 Å². The molecule has 0 fully saturated rings. The van der Waals surface area contributed by atoms with Gasteiger partial charge < -0.3 is 19.4 Å². The van der Waals surface area contributed by atoms with E-state index >= 15 is 0 Å². The Labute approximate surface area is 115 Å². The smallest absolute Gasteiger partial charge is 0.381 e. The van der Waals surface area contributed by atoms with E-state index in [-0.39, 0.29) is 18.2 Å². The largest absolute Gasteiger partial charge is 0.491 e. The zero-order chi connectivity index (χ0) is 14.5. The molecule has 2 rings (SSSR count). The molecule has 0 spiro atoms. The number of benzene rings is 1. The Morgan fingerprint density at radius 2 is 2.20 bits per heavy atom. The number of carbonyl (C=O) groups is 1. The molecule has 0 N–H and O–H groups in total. The third kappa shape index (κ3) is 3.19. The molecule has 0 saturated carbocycles. The molecule has 1 heterocycles. The molecule has 0 saturated heterocycles. The van der Waals surface area contributed by atoms with E-state index in [1.807, 2.05) is 0 Å². The van der Waals surface area contributed by atoms with Crippen LogP contribution in [-0.2, 0) is 6.54 Å². The zero-order valence-corrected chi connectivity index (χ0v) is 10.9. The molecule has 0 atom stereocenters. The van der Waals surface area contributed by atoms with E-state index in [0.717, 1.165) is 0 Å². The number of ketones is 1. The van der Waals surface area contributed by atoms with Crippen molar-refractivity contribution in [3.05, 3.63) is 52.5 Å². The minimum atomic E-state index is -0.553. The molecule has 0 unspecified atom stereocenters. The van der Waals surface area contributed by atoms with Crippen LogP contribution in [0.3, 0.4) is 0 Å². The molecule has 0 aliphatic rings. The van der Waals surface area contributed by atoms with Crippen molar-refractivity contribution in [2.45, 2.75) is 13.5 Å². The zero-order valence-electron chi connectivity index (χ0n) is 10.9. The molecule has 0 radical (unpaired) electrons. The average Bonchev–Trinajstić information content (AvgIpc) is 2.88. The fourth-order valence-corrected chi connectivity index (χ4v) is 1.71. The van der Waals surface area contributed by atoms with Crippen LogP contribution in [0, 0.1) is 10.1 Å². The van der Waals surface area contributed by atoms with E-state index in [2.05, 4.69) is 4.98 Å². The van der Waals surface area contributed by atoms with Gasteiger partial charge in [-0.2, -0.15) is 0 Å². The van der Waals surface area contributed by atoms with Gasteiger partial charge in [-0.25, -0.2) is 0 Å². The number of imidazole rings is 1. The highest BCUT2D eigenvalue weighted by Crippen LogP contribution is 2.18. The molecule has 2 aromatic rings. The van der Waals surface area contributed by atoms with Crippen LogP contribution < -0.4 is 4.74 Å². The highest BCUT2D eigenvalue weighted by Gasteiger charge is 2.10. The Hall–Kier alpha value is -2.70. The van der Waals surface area contributed by atoms with Crippen molar-refractivity contribution in [1.29, 1.82) is 0 Å². The van der Waals surface area contributed by atoms with Gasteiger partial charge in [0.1, 0.15) is 18.6 Å². The fourth-order valence-electron chi connectivity index (χ4n) is 1.71. The summed E-state index contributed by atoms with van der Waals surface area (Å²) in [5.74, 6) is 0.239. The molecule has 0 bridgehead atoms. The van der Waals surface area contributed by atoms with Crippen LogP contribution in [0.1, 0.15) is 17.3 Å². The van der Waals surface area contributed by atoms with Gasteiger partial charge in [0.2, 0.25) is 6.33 Å². The predicted molar refractivity (Wildman–Crippen MR) is 70.8 cm³/mol. The van der Waals surface area contributed by atoms with Gasteiger partial charge in [-0.1, -0.05) is 12.1 Å². The quantitative estimate of drug-likeness (QED) is 0.457. The van der Waals surface area contributed by atoms with Crippen molar-refractivity contribution in [3.8, 4) is 5.75 Å². The maximum atomic E-state index is 11.4. The van der Waals surface area contributed by atoms with Crippen molar-refractivity contribution in [3.63, 3.8) is 0 Å². The van der Waals surface area contributed by atoms with Gasteiger partial charge in [-0.05, 0) is 29.0 Å². The van der Waals surface area contributed by atoms with Crippen molar-refractivity contribution in [1.82, 2.24) is 9.55 Å². The molecule has 20 heavy (non-hydrogen) atoms. The van der Waals surface area contributed by atoms with Crippen LogP contribution in [0.4, 0.5) is 5.82 Å². The number of hydrogen-bond acceptors (Lipinski definition) is 5. The van der Waals surface area contributed by atoms with Crippen molar-refractivity contribution in [2.75, 3.05) is 6.61 Å². The first-order chi connectivity index (χ1) is 9.58. The highest BCUT2D eigenvalue weighted by molar-refractivity contribution is 5.96. The highest BCUT2D eigenvalue weighted by atomic mass is 16.6. The second-order valence-electron chi connectivity index (χ2n) is 4.13. The number of nitro groups is 1. The molecule has 0 amide bonds. The van der Waals surface area contributed by atoms with E-state index in [9.17, 15) is 14.9 Å². The molecule has 1 aromatic carbocycles. The number of carbonyl (C=O) groups excluding carboxylic acids is 1. The van der Waals surface area contributed by atoms with E-state index in [0.29, 0.717) is 17.9 Å². The van der Waals surface area contributed by atoms with E-state index in [1.54, 1.807) is 28.8 Å². The van der Waals surface area contributed by atoms with Crippen LogP contribution in [0.5, 0.6) is 5.75 Å². The van der Waals surface area contributed by atoms with Crippen molar-refractivity contribution in [2.24, 2.45) is 0 Å². The summed E-state index contributed by atoms with van der Waals surface area (Å²) in [6, 6.07) is 6.96.